The molecule has 7 aromatic carbocycles. The van der Waals surface area contributed by atoms with Crippen molar-refractivity contribution in [1.82, 2.24) is 9.97 Å². The van der Waals surface area contributed by atoms with Crippen molar-refractivity contribution in [3.63, 3.8) is 0 Å². The van der Waals surface area contributed by atoms with E-state index in [1.807, 2.05) is 23.6 Å². The summed E-state index contributed by atoms with van der Waals surface area (Å²) in [5.41, 5.74) is 8.70. The fourth-order valence-corrected chi connectivity index (χ4v) is 8.84. The van der Waals surface area contributed by atoms with Crippen molar-refractivity contribution >= 4 is 66.1 Å². The number of oxazole rings is 1. The zero-order valence-electron chi connectivity index (χ0n) is 34.2. The van der Waals surface area contributed by atoms with Crippen LogP contribution in [0.1, 0.15) is 16.7 Å². The summed E-state index contributed by atoms with van der Waals surface area (Å²) in [5.74, 6) is 0.486. The highest BCUT2D eigenvalue weighted by Crippen LogP contribution is 2.49. The van der Waals surface area contributed by atoms with Crippen molar-refractivity contribution in [2.45, 2.75) is 13.5 Å². The Bertz CT molecular complexity index is 3480. The number of pyridine rings is 1. The predicted molar refractivity (Wildman–Crippen MR) is 254 cm³/mol. The minimum absolute atomic E-state index is 0.0855. The lowest BCUT2D eigenvalue weighted by atomic mass is 9.90. The third-order valence-electron chi connectivity index (χ3n) is 10.7. The minimum atomic E-state index is -0.689. The van der Waals surface area contributed by atoms with Gasteiger partial charge in [0.2, 0.25) is 5.89 Å². The first kappa shape index (κ1) is 42.6. The van der Waals surface area contributed by atoms with Gasteiger partial charge in [-0.1, -0.05) is 52.9 Å². The zero-order chi connectivity index (χ0) is 45.5. The van der Waals surface area contributed by atoms with E-state index in [9.17, 15) is 34.3 Å². The number of phenolic OH excluding ortho intramolecular Hbond substituents is 5. The van der Waals surface area contributed by atoms with Gasteiger partial charge < -0.3 is 34.7 Å². The van der Waals surface area contributed by atoms with Crippen LogP contribution >= 0.6 is 27.3 Å². The molecule has 9 nitrogen and oxygen atoms in total. The number of hydrogen-bond donors (Lipinski definition) is 5. The molecule has 0 saturated heterocycles. The summed E-state index contributed by atoms with van der Waals surface area (Å²) in [6.45, 7) is 5.78. The van der Waals surface area contributed by atoms with Gasteiger partial charge in [-0.2, -0.15) is 0 Å². The molecule has 1 aliphatic rings. The van der Waals surface area contributed by atoms with Crippen LogP contribution in [-0.2, 0) is 6.61 Å². The SMILES string of the molecule is C=Cc1cc(O)cc2nc(-c3ccc(C)c(F)c3)oc12.Oc1ccc2c(c1)COc1c-2cc2ccc(O)cc2c1-c1cccs1.Oc1ccc2nc(-c3ccc(O)c(F)c3)cc(Br)c2c1. The van der Waals surface area contributed by atoms with E-state index in [4.69, 9.17) is 9.15 Å². The van der Waals surface area contributed by atoms with Gasteiger partial charge in [0.15, 0.2) is 17.1 Å². The maximum absolute atomic E-state index is 13.6. The number of halogens is 3. The van der Waals surface area contributed by atoms with E-state index >= 15 is 0 Å². The molecule has 1 aliphatic heterocycles. The van der Waals surface area contributed by atoms with Gasteiger partial charge in [-0.3, -0.25) is 0 Å². The summed E-state index contributed by atoms with van der Waals surface area (Å²) in [4.78, 5) is 9.82. The Balaban J connectivity index is 0.000000124. The largest absolute Gasteiger partial charge is 0.508 e. The van der Waals surface area contributed by atoms with Gasteiger partial charge in [-0.05, 0) is 131 Å². The molecule has 3 aromatic heterocycles. The Labute approximate surface area is 382 Å². The van der Waals surface area contributed by atoms with Crippen LogP contribution in [0.5, 0.6) is 34.5 Å². The topological polar surface area (TPSA) is 149 Å². The highest BCUT2D eigenvalue weighted by Gasteiger charge is 2.24. The number of aryl methyl sites for hydroxylation is 1. The molecule has 0 atom stereocenters. The van der Waals surface area contributed by atoms with E-state index in [2.05, 4.69) is 44.6 Å². The molecule has 5 N–H and O–H groups in total. The number of rotatable bonds is 4. The second kappa shape index (κ2) is 17.4. The Morgan fingerprint density at radius 2 is 1.43 bits per heavy atom. The first-order chi connectivity index (χ1) is 31.3. The molecule has 0 fully saturated rings. The average molecular weight is 950 g/mol. The van der Waals surface area contributed by atoms with E-state index in [1.54, 1.807) is 97.1 Å². The van der Waals surface area contributed by atoms with E-state index in [0.717, 1.165) is 53.5 Å². The van der Waals surface area contributed by atoms with Gasteiger partial charge in [-0.25, -0.2) is 18.7 Å². The second-order valence-corrected chi connectivity index (χ2v) is 16.9. The lowest BCUT2D eigenvalue weighted by Gasteiger charge is -2.24. The molecule has 0 radical (unpaired) electrons. The molecule has 65 heavy (non-hydrogen) atoms. The van der Waals surface area contributed by atoms with Gasteiger partial charge in [0.05, 0.1) is 11.2 Å². The van der Waals surface area contributed by atoms with Crippen LogP contribution in [0.4, 0.5) is 8.78 Å². The minimum Gasteiger partial charge on any atom is -0.508 e. The zero-order valence-corrected chi connectivity index (χ0v) is 36.6. The van der Waals surface area contributed by atoms with Crippen molar-refractivity contribution in [3.05, 3.63) is 172 Å². The molecule has 10 aromatic rings. The van der Waals surface area contributed by atoms with Crippen molar-refractivity contribution in [1.29, 1.82) is 0 Å². The second-order valence-electron chi connectivity index (χ2n) is 15.1. The molecule has 0 amide bonds. The molecule has 0 unspecified atom stereocenters. The summed E-state index contributed by atoms with van der Waals surface area (Å²) in [6, 6.07) is 35.6. The van der Waals surface area contributed by atoms with Crippen molar-refractivity contribution in [3.8, 4) is 78.8 Å². The van der Waals surface area contributed by atoms with Crippen LogP contribution in [0.15, 0.2) is 148 Å². The number of hydrogen-bond acceptors (Lipinski definition) is 10. The first-order valence-corrected chi connectivity index (χ1v) is 21.6. The molecular weight excluding hydrogens is 915 g/mol. The highest BCUT2D eigenvalue weighted by molar-refractivity contribution is 9.10. The van der Waals surface area contributed by atoms with Crippen LogP contribution in [0.25, 0.3) is 83.1 Å². The van der Waals surface area contributed by atoms with Crippen molar-refractivity contribution in [2.24, 2.45) is 0 Å². The number of aromatic nitrogens is 2. The van der Waals surface area contributed by atoms with Gasteiger partial charge in [-0.15, -0.1) is 11.3 Å². The van der Waals surface area contributed by atoms with Gasteiger partial charge in [0.1, 0.15) is 46.7 Å². The summed E-state index contributed by atoms with van der Waals surface area (Å²) in [7, 11) is 0. The Kier molecular flexibility index (Phi) is 11.4. The molecule has 0 spiro atoms. The Morgan fingerprint density at radius 1 is 0.692 bits per heavy atom. The maximum Gasteiger partial charge on any atom is 0.227 e. The lowest BCUT2D eigenvalue weighted by Crippen LogP contribution is -2.06. The third-order valence-corrected chi connectivity index (χ3v) is 12.3. The number of ether oxygens (including phenoxy) is 1. The van der Waals surface area contributed by atoms with Gasteiger partial charge >= 0.3 is 0 Å². The van der Waals surface area contributed by atoms with Crippen LogP contribution in [-0.4, -0.2) is 35.5 Å². The number of phenols is 5. The fourth-order valence-electron chi connectivity index (χ4n) is 7.52. The van der Waals surface area contributed by atoms with E-state index in [0.29, 0.717) is 57.1 Å². The van der Waals surface area contributed by atoms with E-state index < -0.39 is 11.6 Å². The standard InChI is InChI=1S/C21H14O3S.C16H12FNO2.C15H9BrFNO2/c22-14-5-6-16-13(8-14)11-24-21-18(16)9-12-3-4-15(23)10-17(12)20(21)19-2-1-7-25-19;1-3-10-6-12(19)8-14-15(10)20-16(18-14)11-5-4-9(2)13(17)7-11;16-11-7-14(8-1-4-15(20)12(17)5-8)18-13-3-2-9(19)6-10(11)13/h1-10,22-23H,11H2;3-8,19H,1H2,2H3;1-7,19-20H. The van der Waals surface area contributed by atoms with Crippen molar-refractivity contribution in [2.75, 3.05) is 0 Å². The molecule has 13 heteroatoms. The molecule has 322 valence electrons. The molecule has 0 bridgehead atoms. The number of benzene rings is 7. The number of nitrogens with zero attached hydrogens (tertiary/aromatic N) is 2. The summed E-state index contributed by atoms with van der Waals surface area (Å²) < 4.78 is 39.6. The van der Waals surface area contributed by atoms with Crippen LogP contribution in [0.2, 0.25) is 0 Å². The summed E-state index contributed by atoms with van der Waals surface area (Å²) >= 11 is 5.07. The molecule has 4 heterocycles. The lowest BCUT2D eigenvalue weighted by molar-refractivity contribution is 0.303. The predicted octanol–water partition coefficient (Wildman–Crippen LogP) is 14.0. The summed E-state index contributed by atoms with van der Waals surface area (Å²) in [5, 5.41) is 52.9. The monoisotopic (exact) mass is 948 g/mol. The quantitative estimate of drug-likeness (QED) is 0.116. The molecular formula is C52H35BrF2N2O7S. The number of aromatic hydroxyl groups is 5. The maximum atomic E-state index is 13.6. The highest BCUT2D eigenvalue weighted by atomic mass is 79.9. The molecule has 0 saturated carbocycles. The fraction of sp³-hybridized carbons (Fsp3) is 0.0385. The summed E-state index contributed by atoms with van der Waals surface area (Å²) in [6.07, 6.45) is 1.58. The number of thiophene rings is 1. The molecule has 11 rings (SSSR count). The third kappa shape index (κ3) is 8.54. The van der Waals surface area contributed by atoms with Crippen molar-refractivity contribution < 1.29 is 43.5 Å². The normalized spacial score (nSPS) is 11.5. The van der Waals surface area contributed by atoms with Crippen LogP contribution in [0, 0.1) is 18.6 Å². The van der Waals surface area contributed by atoms with Crippen LogP contribution < -0.4 is 4.74 Å². The van der Waals surface area contributed by atoms with Gasteiger partial charge in [0.25, 0.3) is 0 Å². The smallest absolute Gasteiger partial charge is 0.227 e. The van der Waals surface area contributed by atoms with E-state index in [1.165, 1.54) is 24.3 Å². The Morgan fingerprint density at radius 3 is 2.18 bits per heavy atom. The van der Waals surface area contributed by atoms with Gasteiger partial charge in [0, 0.05) is 54.2 Å². The Hall–Kier alpha value is -7.74. The van der Waals surface area contributed by atoms with Crippen LogP contribution in [0.3, 0.4) is 0 Å². The average Bonchev–Trinajstić information content (AvgIpc) is 3.99. The number of fused-ring (bicyclic) bond motifs is 6. The van der Waals surface area contributed by atoms with E-state index in [-0.39, 0.29) is 28.8 Å². The molecule has 0 aliphatic carbocycles. The first-order valence-electron chi connectivity index (χ1n) is 19.9.